The van der Waals surface area contributed by atoms with Crippen molar-refractivity contribution in [3.05, 3.63) is 94.5 Å². The van der Waals surface area contributed by atoms with Crippen molar-refractivity contribution >= 4 is 50.7 Å². The molecule has 0 bridgehead atoms. The normalized spacial score (nSPS) is 14.7. The standard InChI is InChI=1S/C31H35Cl2N3O4S/c1-2-29(31(38)34-24-12-6-3-7-13-24)35(21-23-18-19-27(32)28(33)20-23)30(37)22-36(25-14-8-4-9-15-25)41(39,40)26-16-10-5-11-17-26/h4-5,8-11,14-20,24,29H,2-3,6-7,12-13,21-22H2,1H3,(H,34,38)/t29-/m1/s1. The molecular weight excluding hydrogens is 581 g/mol. The molecule has 1 N–H and O–H groups in total. The Kier molecular flexibility index (Phi) is 10.7. The number of rotatable bonds is 11. The van der Waals surface area contributed by atoms with Gasteiger partial charge in [0.25, 0.3) is 10.0 Å². The molecule has 41 heavy (non-hydrogen) atoms. The van der Waals surface area contributed by atoms with E-state index in [9.17, 15) is 18.0 Å². The van der Waals surface area contributed by atoms with Crippen LogP contribution in [0.25, 0.3) is 0 Å². The second-order valence-electron chi connectivity index (χ2n) is 10.2. The van der Waals surface area contributed by atoms with E-state index in [0.29, 0.717) is 27.7 Å². The van der Waals surface area contributed by atoms with Crippen LogP contribution in [-0.2, 0) is 26.2 Å². The summed E-state index contributed by atoms with van der Waals surface area (Å²) in [6, 6.07) is 20.8. The number of para-hydroxylation sites is 1. The van der Waals surface area contributed by atoms with Crippen LogP contribution in [0.4, 0.5) is 5.69 Å². The molecule has 3 aromatic carbocycles. The van der Waals surface area contributed by atoms with E-state index in [2.05, 4.69) is 5.32 Å². The van der Waals surface area contributed by atoms with E-state index >= 15 is 0 Å². The van der Waals surface area contributed by atoms with Gasteiger partial charge in [-0.3, -0.25) is 13.9 Å². The van der Waals surface area contributed by atoms with E-state index < -0.39 is 28.5 Å². The Morgan fingerprint density at radius 3 is 2.15 bits per heavy atom. The molecule has 0 aromatic heterocycles. The summed E-state index contributed by atoms with van der Waals surface area (Å²) in [5.41, 5.74) is 1.02. The fraction of sp³-hybridized carbons (Fsp3) is 0.355. The molecule has 0 radical (unpaired) electrons. The van der Waals surface area contributed by atoms with Crippen LogP contribution in [-0.4, -0.2) is 43.8 Å². The summed E-state index contributed by atoms with van der Waals surface area (Å²) < 4.78 is 28.7. The van der Waals surface area contributed by atoms with Crippen LogP contribution >= 0.6 is 23.2 Å². The maximum Gasteiger partial charge on any atom is 0.264 e. The van der Waals surface area contributed by atoms with Crippen LogP contribution < -0.4 is 9.62 Å². The second kappa shape index (κ2) is 14.2. The van der Waals surface area contributed by atoms with Gasteiger partial charge in [0.05, 0.1) is 20.6 Å². The number of anilines is 1. The van der Waals surface area contributed by atoms with Gasteiger partial charge >= 0.3 is 0 Å². The van der Waals surface area contributed by atoms with Crippen molar-refractivity contribution in [2.45, 2.75) is 69.0 Å². The predicted molar refractivity (Wildman–Crippen MR) is 164 cm³/mol. The lowest BCUT2D eigenvalue weighted by molar-refractivity contribution is -0.140. The number of hydrogen-bond donors (Lipinski definition) is 1. The zero-order valence-electron chi connectivity index (χ0n) is 23.0. The lowest BCUT2D eigenvalue weighted by atomic mass is 9.95. The van der Waals surface area contributed by atoms with E-state index in [1.54, 1.807) is 66.7 Å². The van der Waals surface area contributed by atoms with Gasteiger partial charge in [0.1, 0.15) is 12.6 Å². The molecule has 0 unspecified atom stereocenters. The third kappa shape index (κ3) is 7.82. The van der Waals surface area contributed by atoms with Crippen LogP contribution in [0.15, 0.2) is 83.8 Å². The van der Waals surface area contributed by atoms with Crippen molar-refractivity contribution < 1.29 is 18.0 Å². The number of sulfonamides is 1. The van der Waals surface area contributed by atoms with E-state index in [1.165, 1.54) is 17.0 Å². The molecule has 4 rings (SSSR count). The molecule has 1 aliphatic rings. The summed E-state index contributed by atoms with van der Waals surface area (Å²) in [5, 5.41) is 3.84. The van der Waals surface area contributed by atoms with Crippen molar-refractivity contribution in [2.24, 2.45) is 0 Å². The maximum atomic E-state index is 14.1. The first-order chi connectivity index (χ1) is 19.7. The van der Waals surface area contributed by atoms with Crippen LogP contribution in [0.5, 0.6) is 0 Å². The van der Waals surface area contributed by atoms with Gasteiger partial charge in [0, 0.05) is 12.6 Å². The number of halogens is 2. The van der Waals surface area contributed by atoms with Crippen molar-refractivity contribution in [2.75, 3.05) is 10.8 Å². The minimum Gasteiger partial charge on any atom is -0.352 e. The highest BCUT2D eigenvalue weighted by atomic mass is 35.5. The minimum absolute atomic E-state index is 0.0559. The van der Waals surface area contributed by atoms with Crippen LogP contribution in [0.2, 0.25) is 10.0 Å². The van der Waals surface area contributed by atoms with Crippen molar-refractivity contribution in [3.63, 3.8) is 0 Å². The monoisotopic (exact) mass is 615 g/mol. The summed E-state index contributed by atoms with van der Waals surface area (Å²) in [7, 11) is -4.10. The molecule has 10 heteroatoms. The fourth-order valence-electron chi connectivity index (χ4n) is 5.14. The zero-order chi connectivity index (χ0) is 29.4. The van der Waals surface area contributed by atoms with Gasteiger partial charge in [-0.05, 0) is 61.2 Å². The Morgan fingerprint density at radius 2 is 1.54 bits per heavy atom. The Balaban J connectivity index is 1.69. The number of carbonyl (C=O) groups is 2. The molecule has 0 saturated heterocycles. The molecule has 3 aromatic rings. The molecule has 1 fully saturated rings. The fourth-order valence-corrected chi connectivity index (χ4v) is 6.90. The average Bonchev–Trinajstić information content (AvgIpc) is 2.98. The maximum absolute atomic E-state index is 14.1. The van der Waals surface area contributed by atoms with Gasteiger partial charge in [-0.25, -0.2) is 8.42 Å². The van der Waals surface area contributed by atoms with Crippen LogP contribution in [0.3, 0.4) is 0 Å². The molecule has 7 nitrogen and oxygen atoms in total. The van der Waals surface area contributed by atoms with Crippen molar-refractivity contribution in [3.8, 4) is 0 Å². The Bertz CT molecular complexity index is 1430. The van der Waals surface area contributed by atoms with E-state index in [1.807, 2.05) is 6.92 Å². The third-order valence-corrected chi connectivity index (χ3v) is 9.86. The molecule has 1 aliphatic carbocycles. The summed E-state index contributed by atoms with van der Waals surface area (Å²) >= 11 is 12.4. The van der Waals surface area contributed by atoms with E-state index in [0.717, 1.165) is 36.4 Å². The molecule has 0 heterocycles. The highest BCUT2D eigenvalue weighted by Gasteiger charge is 2.34. The van der Waals surface area contributed by atoms with Gasteiger partial charge in [0.15, 0.2) is 0 Å². The SMILES string of the molecule is CC[C@H](C(=O)NC1CCCCC1)N(Cc1ccc(Cl)c(Cl)c1)C(=O)CN(c1ccccc1)S(=O)(=O)c1ccccc1. The molecule has 1 saturated carbocycles. The topological polar surface area (TPSA) is 86.8 Å². The summed E-state index contributed by atoms with van der Waals surface area (Å²) in [4.78, 5) is 29.2. The summed E-state index contributed by atoms with van der Waals surface area (Å²) in [6.07, 6.45) is 5.41. The van der Waals surface area contributed by atoms with E-state index in [-0.39, 0.29) is 23.4 Å². The number of amides is 2. The lowest BCUT2D eigenvalue weighted by Gasteiger charge is -2.34. The molecule has 0 spiro atoms. The van der Waals surface area contributed by atoms with Gasteiger partial charge in [-0.1, -0.05) is 91.9 Å². The number of carbonyl (C=O) groups excluding carboxylic acids is 2. The highest BCUT2D eigenvalue weighted by molar-refractivity contribution is 7.92. The molecule has 1 atom stereocenters. The third-order valence-electron chi connectivity index (χ3n) is 7.33. The van der Waals surface area contributed by atoms with Gasteiger partial charge in [-0.15, -0.1) is 0 Å². The quantitative estimate of drug-likeness (QED) is 0.269. The van der Waals surface area contributed by atoms with E-state index in [4.69, 9.17) is 23.2 Å². The number of nitrogens with zero attached hydrogens (tertiary/aromatic N) is 2. The summed E-state index contributed by atoms with van der Waals surface area (Å²) in [5.74, 6) is -0.755. The molecule has 0 aliphatic heterocycles. The van der Waals surface area contributed by atoms with Crippen LogP contribution in [0.1, 0.15) is 51.0 Å². The highest BCUT2D eigenvalue weighted by Crippen LogP contribution is 2.27. The molecule has 218 valence electrons. The van der Waals surface area contributed by atoms with Crippen molar-refractivity contribution in [1.29, 1.82) is 0 Å². The Morgan fingerprint density at radius 1 is 0.902 bits per heavy atom. The summed E-state index contributed by atoms with van der Waals surface area (Å²) in [6.45, 7) is 1.41. The first-order valence-electron chi connectivity index (χ1n) is 13.9. The minimum atomic E-state index is -4.10. The average molecular weight is 617 g/mol. The molecular formula is C31H35Cl2N3O4S. The second-order valence-corrected chi connectivity index (χ2v) is 12.9. The van der Waals surface area contributed by atoms with Gasteiger partial charge < -0.3 is 10.2 Å². The van der Waals surface area contributed by atoms with Gasteiger partial charge in [-0.2, -0.15) is 0 Å². The first-order valence-corrected chi connectivity index (χ1v) is 16.1. The smallest absolute Gasteiger partial charge is 0.264 e. The number of benzene rings is 3. The number of hydrogen-bond acceptors (Lipinski definition) is 4. The lowest BCUT2D eigenvalue weighted by Crippen LogP contribution is -2.54. The van der Waals surface area contributed by atoms with Crippen LogP contribution in [0, 0.1) is 0 Å². The predicted octanol–water partition coefficient (Wildman–Crippen LogP) is 6.45. The molecule has 2 amide bonds. The number of nitrogens with one attached hydrogen (secondary N) is 1. The van der Waals surface area contributed by atoms with Crippen molar-refractivity contribution in [1.82, 2.24) is 10.2 Å². The van der Waals surface area contributed by atoms with Gasteiger partial charge in [0.2, 0.25) is 11.8 Å². The Labute approximate surface area is 252 Å². The zero-order valence-corrected chi connectivity index (χ0v) is 25.3. The largest absolute Gasteiger partial charge is 0.352 e. The Hall–Kier alpha value is -3.07. The first kappa shape index (κ1) is 30.9.